The first kappa shape index (κ1) is 16.9. The van der Waals surface area contributed by atoms with E-state index >= 15 is 0 Å². The van der Waals surface area contributed by atoms with Gasteiger partial charge in [-0.05, 0) is 6.42 Å². The fourth-order valence-electron chi connectivity index (χ4n) is 1.34. The molecule has 0 saturated carbocycles. The first-order chi connectivity index (χ1) is 9.76. The molecule has 0 spiro atoms. The van der Waals surface area contributed by atoms with E-state index in [1.807, 2.05) is 12.2 Å². The van der Waals surface area contributed by atoms with Crippen molar-refractivity contribution < 1.29 is 22.5 Å². The summed E-state index contributed by atoms with van der Waals surface area (Å²) in [5.74, 6) is -4.42. The van der Waals surface area contributed by atoms with Gasteiger partial charge in [0.15, 0.2) is 0 Å². The Kier molecular flexibility index (Phi) is 5.68. The number of alkyl halides is 4. The molecule has 0 unspecified atom stereocenters. The smallest absolute Gasteiger partial charge is 0.324 e. The van der Waals surface area contributed by atoms with Crippen molar-refractivity contribution in [2.45, 2.75) is 25.7 Å². The minimum absolute atomic E-state index is 0.105. The van der Waals surface area contributed by atoms with E-state index in [0.29, 0.717) is 6.54 Å². The zero-order valence-electron chi connectivity index (χ0n) is 11.1. The van der Waals surface area contributed by atoms with Gasteiger partial charge in [0.05, 0.1) is 23.6 Å². The quantitative estimate of drug-likeness (QED) is 0.438. The zero-order chi connectivity index (χ0) is 16.0. The van der Waals surface area contributed by atoms with Gasteiger partial charge in [-0.1, -0.05) is 6.92 Å². The molecule has 0 atom stereocenters. The Morgan fingerprint density at radius 3 is 2.38 bits per heavy atom. The first-order valence-corrected chi connectivity index (χ1v) is 6.06. The van der Waals surface area contributed by atoms with E-state index in [4.69, 9.17) is 0 Å². The van der Waals surface area contributed by atoms with Crippen LogP contribution in [-0.4, -0.2) is 35.3 Å². The third-order valence-corrected chi connectivity index (χ3v) is 2.40. The van der Waals surface area contributed by atoms with Gasteiger partial charge in [0.25, 0.3) is 5.69 Å². The highest BCUT2D eigenvalue weighted by Gasteiger charge is 2.40. The van der Waals surface area contributed by atoms with Gasteiger partial charge in [-0.25, -0.2) is 13.8 Å². The molecule has 1 aromatic rings. The topological polar surface area (TPSA) is 80.1 Å². The van der Waals surface area contributed by atoms with Crippen LogP contribution in [0.4, 0.5) is 34.9 Å². The van der Waals surface area contributed by atoms with Crippen LogP contribution in [-0.2, 0) is 0 Å². The Balaban J connectivity index is 2.90. The number of hydrogen-bond donors (Lipinski definition) is 2. The van der Waals surface area contributed by atoms with Gasteiger partial charge in [-0.3, -0.25) is 10.1 Å². The molecule has 1 rings (SSSR count). The molecule has 0 radical (unpaired) electrons. The highest BCUT2D eigenvalue weighted by molar-refractivity contribution is 5.54. The van der Waals surface area contributed by atoms with E-state index in [1.54, 1.807) is 0 Å². The molecule has 1 heterocycles. The van der Waals surface area contributed by atoms with E-state index in [1.165, 1.54) is 0 Å². The van der Waals surface area contributed by atoms with Crippen LogP contribution in [0.1, 0.15) is 13.3 Å². The van der Waals surface area contributed by atoms with Gasteiger partial charge >= 0.3 is 12.3 Å². The Bertz CT molecular complexity index is 499. The Hall–Kier alpha value is -2.13. The number of nitro groups is 1. The maximum absolute atomic E-state index is 12.8. The number of hydrogen-bond acceptors (Lipinski definition) is 5. The second-order valence-corrected chi connectivity index (χ2v) is 4.19. The summed E-state index contributed by atoms with van der Waals surface area (Å²) in [5.41, 5.74) is -0.383. The summed E-state index contributed by atoms with van der Waals surface area (Å²) in [6.07, 6.45) is -3.11. The average molecular weight is 310 g/mol. The van der Waals surface area contributed by atoms with E-state index in [-0.39, 0.29) is 17.3 Å². The van der Waals surface area contributed by atoms with Crippen LogP contribution in [0.2, 0.25) is 0 Å². The summed E-state index contributed by atoms with van der Waals surface area (Å²) in [6, 6.07) is 2.03. The number of halogens is 4. The molecule has 0 amide bonds. The molecule has 10 heteroatoms. The predicted octanol–water partition coefficient (Wildman–Crippen LogP) is 3.12. The second kappa shape index (κ2) is 7.04. The summed E-state index contributed by atoms with van der Waals surface area (Å²) in [5, 5.41) is 15.5. The lowest BCUT2D eigenvalue weighted by Crippen LogP contribution is -2.35. The van der Waals surface area contributed by atoms with Gasteiger partial charge < -0.3 is 10.6 Å². The number of nitrogens with zero attached hydrogens (tertiary/aromatic N) is 2. The lowest BCUT2D eigenvalue weighted by Gasteiger charge is -2.16. The zero-order valence-corrected chi connectivity index (χ0v) is 11.1. The number of rotatable bonds is 8. The molecule has 1 aromatic heterocycles. The van der Waals surface area contributed by atoms with Crippen LogP contribution >= 0.6 is 0 Å². The van der Waals surface area contributed by atoms with Crippen LogP contribution in [0.3, 0.4) is 0 Å². The van der Waals surface area contributed by atoms with Crippen molar-refractivity contribution in [3.8, 4) is 0 Å². The van der Waals surface area contributed by atoms with Gasteiger partial charge in [0.2, 0.25) is 0 Å². The lowest BCUT2D eigenvalue weighted by molar-refractivity contribution is -0.384. The minimum Gasteiger partial charge on any atom is -0.370 e. The van der Waals surface area contributed by atoms with E-state index < -0.39 is 23.8 Å². The van der Waals surface area contributed by atoms with Crippen LogP contribution < -0.4 is 10.6 Å². The molecule has 118 valence electrons. The fraction of sp³-hybridized carbons (Fsp3) is 0.545. The molecule has 0 bridgehead atoms. The maximum Gasteiger partial charge on any atom is 0.324 e. The third-order valence-electron chi connectivity index (χ3n) is 2.40. The first-order valence-electron chi connectivity index (χ1n) is 6.06. The van der Waals surface area contributed by atoms with Crippen LogP contribution in [0.25, 0.3) is 0 Å². The van der Waals surface area contributed by atoms with E-state index in [2.05, 4.69) is 10.3 Å². The molecule has 0 aliphatic rings. The normalized spacial score (nSPS) is 11.5. The fourth-order valence-corrected chi connectivity index (χ4v) is 1.34. The van der Waals surface area contributed by atoms with Crippen LogP contribution in [0, 0.1) is 10.1 Å². The van der Waals surface area contributed by atoms with Gasteiger partial charge in [0, 0.05) is 6.54 Å². The molecule has 0 aliphatic carbocycles. The summed E-state index contributed by atoms with van der Waals surface area (Å²) in [7, 11) is 0. The molecule has 0 saturated heterocycles. The molecule has 0 aromatic carbocycles. The highest BCUT2D eigenvalue weighted by Crippen LogP contribution is 2.25. The molecule has 0 aliphatic heterocycles. The Morgan fingerprint density at radius 1 is 1.33 bits per heavy atom. The number of pyridine rings is 1. The van der Waals surface area contributed by atoms with E-state index in [0.717, 1.165) is 18.6 Å². The molecular weight excluding hydrogens is 296 g/mol. The summed E-state index contributed by atoms with van der Waals surface area (Å²) in [4.78, 5) is 13.8. The SMILES string of the molecule is CCCNc1cc([N+](=O)[O-])cc(NCC(F)(F)C(F)F)n1. The predicted molar refractivity (Wildman–Crippen MR) is 69.1 cm³/mol. The summed E-state index contributed by atoms with van der Waals surface area (Å²) < 4.78 is 49.7. The largest absolute Gasteiger partial charge is 0.370 e. The van der Waals surface area contributed by atoms with E-state index in [9.17, 15) is 27.7 Å². The van der Waals surface area contributed by atoms with Crippen LogP contribution in [0.15, 0.2) is 12.1 Å². The van der Waals surface area contributed by atoms with Gasteiger partial charge in [-0.15, -0.1) is 0 Å². The summed E-state index contributed by atoms with van der Waals surface area (Å²) >= 11 is 0. The molecule has 0 fully saturated rings. The maximum atomic E-state index is 12.8. The number of aromatic nitrogens is 1. The van der Waals surface area contributed by atoms with Crippen LogP contribution in [0.5, 0.6) is 0 Å². The average Bonchev–Trinajstić information content (AvgIpc) is 2.42. The van der Waals surface area contributed by atoms with Crippen molar-refractivity contribution in [2.75, 3.05) is 23.7 Å². The molecule has 21 heavy (non-hydrogen) atoms. The highest BCUT2D eigenvalue weighted by atomic mass is 19.3. The van der Waals surface area contributed by atoms with Gasteiger partial charge in [0.1, 0.15) is 11.6 Å². The molecule has 2 N–H and O–H groups in total. The van der Waals surface area contributed by atoms with Gasteiger partial charge in [-0.2, -0.15) is 8.78 Å². The monoisotopic (exact) mass is 310 g/mol. The second-order valence-electron chi connectivity index (χ2n) is 4.19. The molecule has 6 nitrogen and oxygen atoms in total. The third kappa shape index (κ3) is 5.04. The van der Waals surface area contributed by atoms with Crippen molar-refractivity contribution >= 4 is 17.3 Å². The van der Waals surface area contributed by atoms with Crippen molar-refractivity contribution in [3.63, 3.8) is 0 Å². The molecular formula is C11H14F4N4O2. The number of anilines is 2. The van der Waals surface area contributed by atoms with Crippen molar-refractivity contribution in [2.24, 2.45) is 0 Å². The minimum atomic E-state index is -4.25. The van der Waals surface area contributed by atoms with Crippen molar-refractivity contribution in [3.05, 3.63) is 22.2 Å². The number of nitrogens with one attached hydrogen (secondary N) is 2. The standard InChI is InChI=1S/C11H14F4N4O2/c1-2-3-16-8-4-7(19(20)21)5-9(18-8)17-6-11(14,15)10(12)13/h4-5,10H,2-3,6H2,1H3,(H2,16,17,18). The Morgan fingerprint density at radius 2 is 1.90 bits per heavy atom. The Labute approximate surface area is 117 Å². The van der Waals surface area contributed by atoms with Crippen molar-refractivity contribution in [1.82, 2.24) is 4.98 Å². The lowest BCUT2D eigenvalue weighted by atomic mass is 10.3. The van der Waals surface area contributed by atoms with Crippen molar-refractivity contribution in [1.29, 1.82) is 0 Å². The summed E-state index contributed by atoms with van der Waals surface area (Å²) in [6.45, 7) is 0.958.